The number of piperazine rings is 1. The van der Waals surface area contributed by atoms with E-state index in [1.165, 1.54) is 6.07 Å². The fraction of sp³-hybridized carbons (Fsp3) is 0.409. The highest BCUT2D eigenvalue weighted by Gasteiger charge is 2.27. The van der Waals surface area contributed by atoms with Crippen LogP contribution in [-0.2, 0) is 6.54 Å². The maximum absolute atomic E-state index is 14.3. The Labute approximate surface area is 180 Å². The van der Waals surface area contributed by atoms with E-state index >= 15 is 0 Å². The van der Waals surface area contributed by atoms with Gasteiger partial charge >= 0.3 is 0 Å². The summed E-state index contributed by atoms with van der Waals surface area (Å²) in [5.41, 5.74) is 1.36. The van der Waals surface area contributed by atoms with Gasteiger partial charge in [0.1, 0.15) is 11.6 Å². The molecule has 0 amide bonds. The van der Waals surface area contributed by atoms with Crippen molar-refractivity contribution in [2.24, 2.45) is 4.99 Å². The lowest BCUT2D eigenvalue weighted by Gasteiger charge is -2.40. The van der Waals surface area contributed by atoms with Crippen LogP contribution in [0.4, 0.5) is 8.78 Å². The van der Waals surface area contributed by atoms with Gasteiger partial charge in [0.2, 0.25) is 0 Å². The zero-order valence-electron chi connectivity index (χ0n) is 17.8. The zero-order chi connectivity index (χ0) is 21.8. The molecule has 1 aliphatic heterocycles. The van der Waals surface area contributed by atoms with Gasteiger partial charge in [-0.05, 0) is 24.6 Å². The fourth-order valence-corrected chi connectivity index (χ4v) is 4.19. The Morgan fingerprint density at radius 1 is 1.13 bits per heavy atom. The van der Waals surface area contributed by atoms with Gasteiger partial charge in [-0.25, -0.2) is 8.78 Å². The zero-order valence-corrected chi connectivity index (χ0v) is 17.8. The minimum absolute atomic E-state index is 0.0694. The third kappa shape index (κ3) is 4.51. The van der Waals surface area contributed by atoms with Crippen molar-refractivity contribution < 1.29 is 8.78 Å². The van der Waals surface area contributed by atoms with Crippen LogP contribution in [0.25, 0.3) is 5.65 Å². The lowest BCUT2D eigenvalue weighted by atomic mass is 10.0. The van der Waals surface area contributed by atoms with Gasteiger partial charge in [0, 0.05) is 57.1 Å². The van der Waals surface area contributed by atoms with Crippen molar-refractivity contribution in [3.63, 3.8) is 0 Å². The average Bonchev–Trinajstić information content (AvgIpc) is 3.20. The average molecular weight is 428 g/mol. The fourth-order valence-electron chi connectivity index (χ4n) is 4.19. The van der Waals surface area contributed by atoms with Crippen LogP contribution in [-0.4, -0.2) is 63.6 Å². The van der Waals surface area contributed by atoms with E-state index in [1.54, 1.807) is 13.1 Å². The van der Waals surface area contributed by atoms with Crippen LogP contribution in [0, 0.1) is 11.6 Å². The highest BCUT2D eigenvalue weighted by Crippen LogP contribution is 2.28. The Morgan fingerprint density at radius 2 is 1.94 bits per heavy atom. The highest BCUT2D eigenvalue weighted by molar-refractivity contribution is 5.79. The Kier molecular flexibility index (Phi) is 6.41. The van der Waals surface area contributed by atoms with E-state index in [1.807, 2.05) is 35.7 Å². The molecule has 1 atom stereocenters. The summed E-state index contributed by atoms with van der Waals surface area (Å²) in [6.07, 6.45) is 2.70. The molecule has 1 aliphatic rings. The summed E-state index contributed by atoms with van der Waals surface area (Å²) >= 11 is 0. The van der Waals surface area contributed by atoms with Crippen LogP contribution >= 0.6 is 0 Å². The van der Waals surface area contributed by atoms with Crippen molar-refractivity contribution in [1.82, 2.24) is 29.7 Å². The lowest BCUT2D eigenvalue weighted by molar-refractivity contribution is 0.124. The number of rotatable bonds is 5. The molecule has 3 aromatic rings. The number of nitrogens with zero attached hydrogens (tertiary/aromatic N) is 6. The molecule has 9 heteroatoms. The Morgan fingerprint density at radius 3 is 2.65 bits per heavy atom. The third-order valence-corrected chi connectivity index (χ3v) is 5.76. The van der Waals surface area contributed by atoms with Crippen LogP contribution in [0.1, 0.15) is 30.8 Å². The number of hydrogen-bond donors (Lipinski definition) is 1. The van der Waals surface area contributed by atoms with Crippen LogP contribution < -0.4 is 5.32 Å². The normalized spacial score (nSPS) is 16.6. The van der Waals surface area contributed by atoms with Gasteiger partial charge < -0.3 is 10.2 Å². The number of aromatic nitrogens is 3. The van der Waals surface area contributed by atoms with Crippen LogP contribution in [0.2, 0.25) is 0 Å². The van der Waals surface area contributed by atoms with Crippen LogP contribution in [0.5, 0.6) is 0 Å². The number of benzene rings is 1. The summed E-state index contributed by atoms with van der Waals surface area (Å²) in [4.78, 5) is 8.86. The first-order valence-corrected chi connectivity index (χ1v) is 10.5. The van der Waals surface area contributed by atoms with E-state index in [2.05, 4.69) is 30.3 Å². The van der Waals surface area contributed by atoms with Gasteiger partial charge in [0.15, 0.2) is 17.4 Å². The molecule has 1 unspecified atom stereocenters. The van der Waals surface area contributed by atoms with Crippen LogP contribution in [0.15, 0.2) is 47.6 Å². The maximum Gasteiger partial charge on any atom is 0.194 e. The number of nitrogens with one attached hydrogen (secondary N) is 1. The Balaban J connectivity index is 1.37. The van der Waals surface area contributed by atoms with Crippen molar-refractivity contribution in [3.05, 3.63) is 65.6 Å². The minimum atomic E-state index is -0.545. The second-order valence-corrected chi connectivity index (χ2v) is 7.56. The molecule has 1 fully saturated rings. The molecule has 1 saturated heterocycles. The number of halogens is 2. The molecule has 1 aromatic carbocycles. The molecule has 1 N–H and O–H groups in total. The third-order valence-electron chi connectivity index (χ3n) is 5.76. The molecule has 0 saturated carbocycles. The predicted molar refractivity (Wildman–Crippen MR) is 116 cm³/mol. The number of aliphatic imine (C=N–C) groups is 1. The smallest absolute Gasteiger partial charge is 0.194 e. The molecule has 164 valence electrons. The molecule has 3 heterocycles. The van der Waals surface area contributed by atoms with Gasteiger partial charge in [-0.3, -0.25) is 14.3 Å². The molecule has 0 spiro atoms. The van der Waals surface area contributed by atoms with Crippen molar-refractivity contribution >= 4 is 11.6 Å². The molecular formula is C22H27F2N7. The number of hydrogen-bond acceptors (Lipinski definition) is 4. The Hall–Kier alpha value is -3.07. The quantitative estimate of drug-likeness (QED) is 0.501. The van der Waals surface area contributed by atoms with E-state index in [4.69, 9.17) is 0 Å². The maximum atomic E-state index is 14.3. The highest BCUT2D eigenvalue weighted by atomic mass is 19.1. The van der Waals surface area contributed by atoms with Gasteiger partial charge in [-0.15, -0.1) is 10.2 Å². The predicted octanol–water partition coefficient (Wildman–Crippen LogP) is 2.85. The number of fused-ring (bicyclic) bond motifs is 1. The summed E-state index contributed by atoms with van der Waals surface area (Å²) in [5, 5.41) is 11.8. The van der Waals surface area contributed by atoms with Crippen molar-refractivity contribution in [1.29, 1.82) is 0 Å². The van der Waals surface area contributed by atoms with E-state index in [0.29, 0.717) is 12.1 Å². The monoisotopic (exact) mass is 427 g/mol. The second kappa shape index (κ2) is 9.38. The van der Waals surface area contributed by atoms with Crippen molar-refractivity contribution in [3.8, 4) is 0 Å². The van der Waals surface area contributed by atoms with Crippen molar-refractivity contribution in [2.75, 3.05) is 33.2 Å². The van der Waals surface area contributed by atoms with Gasteiger partial charge in [0.05, 0.1) is 6.54 Å². The molecule has 4 rings (SSSR count). The summed E-state index contributed by atoms with van der Waals surface area (Å²) < 4.78 is 29.6. The topological polar surface area (TPSA) is 61.1 Å². The first-order chi connectivity index (χ1) is 15.1. The molecule has 0 radical (unpaired) electrons. The molecule has 0 bridgehead atoms. The molecular weight excluding hydrogens is 400 g/mol. The number of guanidine groups is 1. The molecule has 0 aliphatic carbocycles. The van der Waals surface area contributed by atoms with Gasteiger partial charge in [0.25, 0.3) is 0 Å². The van der Waals surface area contributed by atoms with E-state index in [0.717, 1.165) is 56.1 Å². The van der Waals surface area contributed by atoms with E-state index in [-0.39, 0.29) is 6.04 Å². The summed E-state index contributed by atoms with van der Waals surface area (Å²) in [7, 11) is 1.76. The lowest BCUT2D eigenvalue weighted by Crippen LogP contribution is -2.53. The standard InChI is InChI=1S/C22H27F2N7/c1-3-19(17-8-7-16(23)14-18(17)24)29-10-12-30(13-11-29)22(25-2)26-15-21-28-27-20-6-4-5-9-31(20)21/h4-9,14,19H,3,10-13,15H2,1-2H3,(H,25,26). The first kappa shape index (κ1) is 21.2. The molecule has 31 heavy (non-hydrogen) atoms. The van der Waals surface area contributed by atoms with Crippen molar-refractivity contribution in [2.45, 2.75) is 25.9 Å². The molecule has 2 aromatic heterocycles. The summed E-state index contributed by atoms with van der Waals surface area (Å²) in [6.45, 7) is 5.60. The van der Waals surface area contributed by atoms with E-state index in [9.17, 15) is 8.78 Å². The first-order valence-electron chi connectivity index (χ1n) is 10.5. The van der Waals surface area contributed by atoms with Gasteiger partial charge in [-0.2, -0.15) is 0 Å². The largest absolute Gasteiger partial charge is 0.349 e. The molecule has 7 nitrogen and oxygen atoms in total. The SMILES string of the molecule is CCC(c1ccc(F)cc1F)N1CCN(C(=NC)NCc2nnc3ccccn23)CC1. The summed E-state index contributed by atoms with van der Waals surface area (Å²) in [6, 6.07) is 9.59. The minimum Gasteiger partial charge on any atom is -0.349 e. The van der Waals surface area contributed by atoms with Crippen LogP contribution in [0.3, 0.4) is 0 Å². The van der Waals surface area contributed by atoms with Gasteiger partial charge in [-0.1, -0.05) is 19.1 Å². The Bertz CT molecular complexity index is 1060. The summed E-state index contributed by atoms with van der Waals surface area (Å²) in [5.74, 6) is 0.588. The number of pyridine rings is 1. The van der Waals surface area contributed by atoms with E-state index < -0.39 is 11.6 Å². The second-order valence-electron chi connectivity index (χ2n) is 7.56.